The van der Waals surface area contributed by atoms with Crippen LogP contribution in [-0.2, 0) is 16.5 Å². The van der Waals surface area contributed by atoms with Gasteiger partial charge in [-0.3, -0.25) is 4.68 Å². The van der Waals surface area contributed by atoms with Gasteiger partial charge < -0.3 is 13.9 Å². The fraction of sp³-hybridized carbons (Fsp3) is 0.333. The Morgan fingerprint density at radius 3 is 2.40 bits per heavy atom. The second-order valence-electron chi connectivity index (χ2n) is 3.98. The Morgan fingerprint density at radius 2 is 1.90 bits per heavy atom. The standard InChI is InChI=1S/C12H13N3O5/c1-6-7(5-15(2)14-6)10-13-8(11(16)18-3)9(20-10)12(17)19-4/h5H,1-4H3. The van der Waals surface area contributed by atoms with Crippen LogP contribution >= 0.6 is 0 Å². The van der Waals surface area contributed by atoms with Gasteiger partial charge in [0.1, 0.15) is 0 Å². The third kappa shape index (κ3) is 2.27. The Bertz CT molecular complexity index is 637. The molecule has 0 amide bonds. The molecule has 2 aromatic heterocycles. The number of carbonyl (C=O) groups excluding carboxylic acids is 2. The minimum absolute atomic E-state index is 0.108. The van der Waals surface area contributed by atoms with Gasteiger partial charge in [0, 0.05) is 13.2 Å². The number of oxazole rings is 1. The fourth-order valence-electron chi connectivity index (χ4n) is 1.71. The molecule has 2 heterocycles. The fourth-order valence-corrected chi connectivity index (χ4v) is 1.71. The van der Waals surface area contributed by atoms with Crippen molar-refractivity contribution in [1.29, 1.82) is 0 Å². The molecule has 0 aliphatic rings. The molecule has 0 unspecified atom stereocenters. The zero-order chi connectivity index (χ0) is 14.9. The van der Waals surface area contributed by atoms with Gasteiger partial charge in [-0.2, -0.15) is 5.10 Å². The molecule has 0 bridgehead atoms. The molecule has 8 heteroatoms. The van der Waals surface area contributed by atoms with Crippen molar-refractivity contribution in [3.63, 3.8) is 0 Å². The van der Waals surface area contributed by atoms with Gasteiger partial charge in [0.15, 0.2) is 0 Å². The Balaban J connectivity index is 2.57. The summed E-state index contributed by atoms with van der Waals surface area (Å²) in [4.78, 5) is 27.2. The maximum Gasteiger partial charge on any atom is 0.376 e. The Labute approximate surface area is 114 Å². The van der Waals surface area contributed by atoms with E-state index in [4.69, 9.17) is 4.42 Å². The second-order valence-corrected chi connectivity index (χ2v) is 3.98. The van der Waals surface area contributed by atoms with Crippen molar-refractivity contribution in [3.8, 4) is 11.5 Å². The maximum atomic E-state index is 11.6. The average molecular weight is 279 g/mol. The molecule has 2 rings (SSSR count). The van der Waals surface area contributed by atoms with Crippen LogP contribution < -0.4 is 0 Å². The minimum atomic E-state index is -0.800. The van der Waals surface area contributed by atoms with Gasteiger partial charge in [-0.15, -0.1) is 0 Å². The van der Waals surface area contributed by atoms with Crippen LogP contribution in [0, 0.1) is 6.92 Å². The summed E-state index contributed by atoms with van der Waals surface area (Å²) in [6.07, 6.45) is 1.67. The number of nitrogens with zero attached hydrogens (tertiary/aromatic N) is 3. The SMILES string of the molecule is COC(=O)c1nc(-c2cn(C)nc2C)oc1C(=O)OC. The van der Waals surface area contributed by atoms with Crippen LogP contribution in [0.3, 0.4) is 0 Å². The molecule has 0 saturated carbocycles. The molecule has 0 N–H and O–H groups in total. The Hall–Kier alpha value is -2.64. The molecular weight excluding hydrogens is 266 g/mol. The van der Waals surface area contributed by atoms with E-state index in [1.54, 1.807) is 24.9 Å². The maximum absolute atomic E-state index is 11.6. The zero-order valence-corrected chi connectivity index (χ0v) is 11.5. The first-order chi connectivity index (χ1) is 9.47. The van der Waals surface area contributed by atoms with E-state index in [0.29, 0.717) is 11.3 Å². The van der Waals surface area contributed by atoms with Crippen molar-refractivity contribution < 1.29 is 23.5 Å². The second kappa shape index (κ2) is 5.16. The molecule has 0 saturated heterocycles. The number of methoxy groups -OCH3 is 2. The smallest absolute Gasteiger partial charge is 0.376 e. The van der Waals surface area contributed by atoms with Crippen molar-refractivity contribution in [2.45, 2.75) is 6.92 Å². The van der Waals surface area contributed by atoms with E-state index in [-0.39, 0.29) is 17.3 Å². The van der Waals surface area contributed by atoms with Crippen molar-refractivity contribution in [2.75, 3.05) is 14.2 Å². The lowest BCUT2D eigenvalue weighted by Gasteiger charge is -1.96. The van der Waals surface area contributed by atoms with Gasteiger partial charge >= 0.3 is 11.9 Å². The summed E-state index contributed by atoms with van der Waals surface area (Å²) in [5.41, 5.74) is 1.01. The summed E-state index contributed by atoms with van der Waals surface area (Å²) >= 11 is 0. The number of esters is 2. The molecule has 0 aliphatic heterocycles. The van der Waals surface area contributed by atoms with Gasteiger partial charge in [0.05, 0.1) is 25.5 Å². The lowest BCUT2D eigenvalue weighted by Crippen LogP contribution is -2.10. The third-order valence-electron chi connectivity index (χ3n) is 2.62. The minimum Gasteiger partial charge on any atom is -0.464 e. The average Bonchev–Trinajstić information content (AvgIpc) is 3.00. The van der Waals surface area contributed by atoms with Crippen LogP contribution in [0.15, 0.2) is 10.6 Å². The number of aromatic nitrogens is 3. The van der Waals surface area contributed by atoms with Crippen LogP contribution in [0.1, 0.15) is 26.7 Å². The predicted molar refractivity (Wildman–Crippen MR) is 66.1 cm³/mol. The van der Waals surface area contributed by atoms with Gasteiger partial charge in [-0.25, -0.2) is 14.6 Å². The van der Waals surface area contributed by atoms with Gasteiger partial charge in [0.25, 0.3) is 0 Å². The summed E-state index contributed by atoms with van der Waals surface area (Å²) in [5, 5.41) is 4.14. The van der Waals surface area contributed by atoms with Gasteiger partial charge in [0.2, 0.25) is 17.3 Å². The topological polar surface area (TPSA) is 96.5 Å². The first-order valence-electron chi connectivity index (χ1n) is 5.66. The van der Waals surface area contributed by atoms with E-state index in [2.05, 4.69) is 19.6 Å². The number of hydrogen-bond donors (Lipinski definition) is 0. The van der Waals surface area contributed by atoms with Crippen molar-refractivity contribution >= 4 is 11.9 Å². The monoisotopic (exact) mass is 279 g/mol. The number of rotatable bonds is 3. The summed E-state index contributed by atoms with van der Waals surface area (Å²) in [6.45, 7) is 1.76. The molecule has 0 radical (unpaired) electrons. The van der Waals surface area contributed by atoms with E-state index in [1.165, 1.54) is 14.2 Å². The Morgan fingerprint density at radius 1 is 1.25 bits per heavy atom. The summed E-state index contributed by atoms with van der Waals surface area (Å²) in [6, 6.07) is 0. The highest BCUT2D eigenvalue weighted by Crippen LogP contribution is 2.25. The van der Waals surface area contributed by atoms with E-state index >= 15 is 0 Å². The molecule has 0 aliphatic carbocycles. The largest absolute Gasteiger partial charge is 0.464 e. The van der Waals surface area contributed by atoms with Gasteiger partial charge in [-0.05, 0) is 6.92 Å². The van der Waals surface area contributed by atoms with Crippen LogP contribution in [0.4, 0.5) is 0 Å². The molecule has 106 valence electrons. The van der Waals surface area contributed by atoms with Crippen molar-refractivity contribution in [2.24, 2.45) is 7.05 Å². The predicted octanol–water partition coefficient (Wildman–Crippen LogP) is 0.957. The van der Waals surface area contributed by atoms with Crippen LogP contribution in [0.2, 0.25) is 0 Å². The number of aryl methyl sites for hydroxylation is 2. The number of ether oxygens (including phenoxy) is 2. The highest BCUT2D eigenvalue weighted by molar-refractivity contribution is 6.00. The molecule has 0 aromatic carbocycles. The molecule has 20 heavy (non-hydrogen) atoms. The zero-order valence-electron chi connectivity index (χ0n) is 11.5. The van der Waals surface area contributed by atoms with Crippen LogP contribution in [0.25, 0.3) is 11.5 Å². The highest BCUT2D eigenvalue weighted by Gasteiger charge is 2.28. The Kier molecular flexibility index (Phi) is 3.55. The molecule has 0 atom stereocenters. The quantitative estimate of drug-likeness (QED) is 0.772. The molecule has 8 nitrogen and oxygen atoms in total. The first-order valence-corrected chi connectivity index (χ1v) is 5.66. The van der Waals surface area contributed by atoms with Gasteiger partial charge in [-0.1, -0.05) is 0 Å². The number of carbonyl (C=O) groups is 2. The van der Waals surface area contributed by atoms with Crippen LogP contribution in [-0.4, -0.2) is 40.9 Å². The summed E-state index contributed by atoms with van der Waals surface area (Å²) in [7, 11) is 4.11. The first kappa shape index (κ1) is 13.8. The van der Waals surface area contributed by atoms with Crippen molar-refractivity contribution in [3.05, 3.63) is 23.3 Å². The lowest BCUT2D eigenvalue weighted by atomic mass is 10.3. The molecule has 0 fully saturated rings. The van der Waals surface area contributed by atoms with E-state index in [9.17, 15) is 9.59 Å². The molecular formula is C12H13N3O5. The van der Waals surface area contributed by atoms with Crippen molar-refractivity contribution in [1.82, 2.24) is 14.8 Å². The van der Waals surface area contributed by atoms with Crippen LogP contribution in [0.5, 0.6) is 0 Å². The van der Waals surface area contributed by atoms with E-state index in [1.807, 2.05) is 0 Å². The molecule has 0 spiro atoms. The van der Waals surface area contributed by atoms with E-state index in [0.717, 1.165) is 0 Å². The number of hydrogen-bond acceptors (Lipinski definition) is 7. The van der Waals surface area contributed by atoms with E-state index < -0.39 is 11.9 Å². The molecule has 2 aromatic rings. The summed E-state index contributed by atoms with van der Waals surface area (Å²) in [5.74, 6) is -1.76. The third-order valence-corrected chi connectivity index (χ3v) is 2.62. The highest BCUT2D eigenvalue weighted by atomic mass is 16.5. The normalized spacial score (nSPS) is 10.4. The lowest BCUT2D eigenvalue weighted by molar-refractivity contribution is 0.0527. The summed E-state index contributed by atoms with van der Waals surface area (Å²) < 4.78 is 16.0.